The van der Waals surface area contributed by atoms with Crippen LogP contribution in [0.2, 0.25) is 0 Å². The van der Waals surface area contributed by atoms with Crippen LogP contribution in [0.15, 0.2) is 47.4 Å². The van der Waals surface area contributed by atoms with Crippen molar-refractivity contribution in [1.29, 1.82) is 0 Å². The van der Waals surface area contributed by atoms with Crippen LogP contribution in [-0.4, -0.2) is 20.1 Å². The molecule has 124 valence electrons. The highest BCUT2D eigenvalue weighted by atomic mass is 32.2. The first-order chi connectivity index (χ1) is 11.3. The van der Waals surface area contributed by atoms with Crippen LogP contribution >= 0.6 is 0 Å². The van der Waals surface area contributed by atoms with Gasteiger partial charge in [-0.2, -0.15) is 8.42 Å². The molecule has 7 heteroatoms. The van der Waals surface area contributed by atoms with E-state index in [4.69, 9.17) is 4.18 Å². The summed E-state index contributed by atoms with van der Waals surface area (Å²) in [5.74, 6) is -0.0218. The quantitative estimate of drug-likeness (QED) is 0.679. The summed E-state index contributed by atoms with van der Waals surface area (Å²) in [7, 11) is -3.99. The van der Waals surface area contributed by atoms with Crippen molar-refractivity contribution in [3.63, 3.8) is 0 Å². The first-order valence-electron chi connectivity index (χ1n) is 7.33. The smallest absolute Gasteiger partial charge is 0.339 e. The molecule has 2 aromatic carbocycles. The Morgan fingerprint density at radius 2 is 1.79 bits per heavy atom. The number of ketones is 1. The molecule has 0 radical (unpaired) electrons. The number of carbonyl (C=O) groups is 2. The van der Waals surface area contributed by atoms with Gasteiger partial charge in [0.05, 0.1) is 0 Å². The third-order valence-electron chi connectivity index (χ3n) is 3.73. The molecule has 0 saturated carbocycles. The van der Waals surface area contributed by atoms with Crippen molar-refractivity contribution in [2.24, 2.45) is 0 Å². The van der Waals surface area contributed by atoms with Gasteiger partial charge in [0.2, 0.25) is 5.91 Å². The third-order valence-corrected chi connectivity index (χ3v) is 4.99. The lowest BCUT2D eigenvalue weighted by Gasteiger charge is -2.17. The van der Waals surface area contributed by atoms with Gasteiger partial charge in [0.25, 0.3) is 0 Å². The topological polar surface area (TPSA) is 89.5 Å². The molecule has 1 heterocycles. The minimum absolute atomic E-state index is 0.0291. The molecule has 6 nitrogen and oxygen atoms in total. The first-order valence-corrected chi connectivity index (χ1v) is 8.74. The fraction of sp³-hybridized carbons (Fsp3) is 0.176. The maximum atomic E-state index is 12.3. The molecule has 0 fully saturated rings. The summed E-state index contributed by atoms with van der Waals surface area (Å²) >= 11 is 0. The number of aryl methyl sites for hydroxylation is 1. The van der Waals surface area contributed by atoms with Gasteiger partial charge in [0.1, 0.15) is 10.6 Å². The summed E-state index contributed by atoms with van der Waals surface area (Å²) in [6.07, 6.45) is 0.890. The number of anilines is 1. The van der Waals surface area contributed by atoms with Gasteiger partial charge in [-0.3, -0.25) is 9.59 Å². The van der Waals surface area contributed by atoms with Gasteiger partial charge in [0.15, 0.2) is 5.78 Å². The molecule has 0 spiro atoms. The van der Waals surface area contributed by atoms with Crippen molar-refractivity contribution in [3.05, 3.63) is 53.6 Å². The van der Waals surface area contributed by atoms with Gasteiger partial charge < -0.3 is 9.50 Å². The minimum atomic E-state index is -3.99. The molecule has 0 saturated heterocycles. The van der Waals surface area contributed by atoms with E-state index in [1.807, 2.05) is 0 Å². The molecule has 0 atom stereocenters. The molecule has 0 aliphatic carbocycles. The van der Waals surface area contributed by atoms with Crippen LogP contribution in [0.4, 0.5) is 5.69 Å². The molecule has 1 aliphatic heterocycles. The second-order valence-corrected chi connectivity index (χ2v) is 7.03. The largest absolute Gasteiger partial charge is 0.379 e. The van der Waals surface area contributed by atoms with Gasteiger partial charge in [-0.1, -0.05) is 12.1 Å². The molecule has 1 aliphatic rings. The van der Waals surface area contributed by atoms with Crippen molar-refractivity contribution >= 4 is 27.5 Å². The van der Waals surface area contributed by atoms with Crippen LogP contribution in [0, 0.1) is 0 Å². The Labute approximate surface area is 139 Å². The fourth-order valence-electron chi connectivity index (χ4n) is 2.44. The highest BCUT2D eigenvalue weighted by Crippen LogP contribution is 2.28. The summed E-state index contributed by atoms with van der Waals surface area (Å²) in [5, 5.41) is 2.72. The standard InChI is InChI=1S/C17H15NO5S/c1-11(19)12-2-6-15(7-3-12)24(21,22)23-14-5-8-16-13(10-14)4-9-17(20)18-16/h2-3,5-8,10H,4,9H2,1H3,(H,18,20). The molecule has 3 rings (SSSR count). The Morgan fingerprint density at radius 3 is 2.46 bits per heavy atom. The Bertz CT molecular complexity index is 916. The Balaban J connectivity index is 1.84. The SMILES string of the molecule is CC(=O)c1ccc(S(=O)(=O)Oc2ccc3c(c2)CCC(=O)N3)cc1. The molecule has 0 aromatic heterocycles. The van der Waals surface area contributed by atoms with Gasteiger partial charge in [0, 0.05) is 17.7 Å². The molecule has 1 amide bonds. The summed E-state index contributed by atoms with van der Waals surface area (Å²) in [4.78, 5) is 22.6. The van der Waals surface area contributed by atoms with Gasteiger partial charge in [-0.25, -0.2) is 0 Å². The zero-order chi connectivity index (χ0) is 17.3. The van der Waals surface area contributed by atoms with Crippen molar-refractivity contribution < 1.29 is 22.2 Å². The molecular formula is C17H15NO5S. The number of fused-ring (bicyclic) bond motifs is 1. The van der Waals surface area contributed by atoms with E-state index in [0.29, 0.717) is 24.1 Å². The Morgan fingerprint density at radius 1 is 1.08 bits per heavy atom. The van der Waals surface area contributed by atoms with E-state index >= 15 is 0 Å². The van der Waals surface area contributed by atoms with E-state index in [1.165, 1.54) is 37.3 Å². The van der Waals surface area contributed by atoms with Crippen molar-refractivity contribution in [2.75, 3.05) is 5.32 Å². The molecule has 24 heavy (non-hydrogen) atoms. The Hall–Kier alpha value is -2.67. The van der Waals surface area contributed by atoms with E-state index < -0.39 is 10.1 Å². The second-order valence-electron chi connectivity index (χ2n) is 5.49. The molecule has 2 aromatic rings. The molecule has 1 N–H and O–H groups in total. The molecule has 0 bridgehead atoms. The van der Waals surface area contributed by atoms with Crippen molar-refractivity contribution in [2.45, 2.75) is 24.7 Å². The van der Waals surface area contributed by atoms with Crippen LogP contribution in [0.5, 0.6) is 5.75 Å². The van der Waals surface area contributed by atoms with E-state index in [0.717, 1.165) is 5.56 Å². The number of hydrogen-bond acceptors (Lipinski definition) is 5. The Kier molecular flexibility index (Phi) is 4.11. The first kappa shape index (κ1) is 16.2. The number of nitrogens with one attached hydrogen (secondary N) is 1. The summed E-state index contributed by atoms with van der Waals surface area (Å²) in [5.41, 5.74) is 1.93. The number of Topliss-reactive ketones (excluding diaryl/α,β-unsaturated/α-hetero) is 1. The number of benzene rings is 2. The third kappa shape index (κ3) is 3.30. The number of amides is 1. The molecular weight excluding hydrogens is 330 g/mol. The predicted molar refractivity (Wildman–Crippen MR) is 87.7 cm³/mol. The van der Waals surface area contributed by atoms with Crippen molar-refractivity contribution in [3.8, 4) is 5.75 Å². The summed E-state index contributed by atoms with van der Waals surface area (Å²) in [6.45, 7) is 1.41. The van der Waals surface area contributed by atoms with Crippen LogP contribution in [-0.2, 0) is 21.3 Å². The predicted octanol–water partition coefficient (Wildman–Crippen LogP) is 2.54. The number of rotatable bonds is 4. The van der Waals surface area contributed by atoms with Crippen LogP contribution in [0.25, 0.3) is 0 Å². The monoisotopic (exact) mass is 345 g/mol. The van der Waals surface area contributed by atoms with Gasteiger partial charge in [-0.05, 0) is 49.2 Å². The lowest BCUT2D eigenvalue weighted by molar-refractivity contribution is -0.116. The van der Waals surface area contributed by atoms with Gasteiger partial charge in [-0.15, -0.1) is 0 Å². The zero-order valence-corrected chi connectivity index (χ0v) is 13.7. The van der Waals surface area contributed by atoms with Crippen LogP contribution in [0.3, 0.4) is 0 Å². The normalized spacial score (nSPS) is 13.8. The second kappa shape index (κ2) is 6.09. The van der Waals surface area contributed by atoms with Crippen molar-refractivity contribution in [1.82, 2.24) is 0 Å². The average molecular weight is 345 g/mol. The van der Waals surface area contributed by atoms with E-state index in [2.05, 4.69) is 5.32 Å². The molecule has 0 unspecified atom stereocenters. The lowest BCUT2D eigenvalue weighted by atomic mass is 10.0. The van der Waals surface area contributed by atoms with Crippen LogP contribution in [0.1, 0.15) is 29.3 Å². The van der Waals surface area contributed by atoms with E-state index in [9.17, 15) is 18.0 Å². The lowest BCUT2D eigenvalue weighted by Crippen LogP contribution is -2.19. The summed E-state index contributed by atoms with van der Waals surface area (Å²) in [6, 6.07) is 10.3. The van der Waals surface area contributed by atoms with E-state index in [1.54, 1.807) is 12.1 Å². The number of hydrogen-bond donors (Lipinski definition) is 1. The summed E-state index contributed by atoms with van der Waals surface area (Å²) < 4.78 is 29.8. The highest BCUT2D eigenvalue weighted by Gasteiger charge is 2.20. The number of carbonyl (C=O) groups excluding carboxylic acids is 2. The van der Waals surface area contributed by atoms with E-state index in [-0.39, 0.29) is 22.3 Å². The fourth-order valence-corrected chi connectivity index (χ4v) is 3.37. The average Bonchev–Trinajstić information content (AvgIpc) is 2.55. The van der Waals surface area contributed by atoms with Gasteiger partial charge >= 0.3 is 10.1 Å². The van der Waals surface area contributed by atoms with Crippen LogP contribution < -0.4 is 9.50 Å². The highest BCUT2D eigenvalue weighted by molar-refractivity contribution is 7.87. The maximum absolute atomic E-state index is 12.3. The maximum Gasteiger partial charge on any atom is 0.339 e. The zero-order valence-electron chi connectivity index (χ0n) is 12.9. The minimum Gasteiger partial charge on any atom is -0.379 e.